The summed E-state index contributed by atoms with van der Waals surface area (Å²) in [6, 6.07) is 9.91. The van der Waals surface area contributed by atoms with Crippen molar-refractivity contribution in [3.63, 3.8) is 0 Å². The minimum Gasteiger partial charge on any atom is -0.326 e. The van der Waals surface area contributed by atoms with Crippen LogP contribution in [0.15, 0.2) is 47.4 Å². The highest BCUT2D eigenvalue weighted by molar-refractivity contribution is 7.92. The van der Waals surface area contributed by atoms with Gasteiger partial charge < -0.3 is 5.73 Å². The molecule has 0 unspecified atom stereocenters. The number of benzene rings is 2. The summed E-state index contributed by atoms with van der Waals surface area (Å²) in [6.07, 6.45) is 0. The van der Waals surface area contributed by atoms with Crippen LogP contribution in [0, 0.1) is 5.82 Å². The van der Waals surface area contributed by atoms with Crippen LogP contribution in [0.3, 0.4) is 0 Å². The Labute approximate surface area is 128 Å². The normalized spacial score (nSPS) is 11.4. The molecule has 0 aromatic heterocycles. The van der Waals surface area contributed by atoms with Gasteiger partial charge in [0.1, 0.15) is 5.82 Å². The largest absolute Gasteiger partial charge is 0.326 e. The summed E-state index contributed by atoms with van der Waals surface area (Å²) in [5.74, 6) is -0.617. The molecule has 0 radical (unpaired) electrons. The molecule has 0 aliphatic heterocycles. The maximum Gasteiger partial charge on any atom is 0.264 e. The van der Waals surface area contributed by atoms with Gasteiger partial charge in [-0.3, -0.25) is 4.31 Å². The van der Waals surface area contributed by atoms with E-state index in [0.29, 0.717) is 5.56 Å². The van der Waals surface area contributed by atoms with Crippen LogP contribution < -0.4 is 10.0 Å². The summed E-state index contributed by atoms with van der Waals surface area (Å²) in [7, 11) is -2.60. The van der Waals surface area contributed by atoms with Gasteiger partial charge in [0, 0.05) is 18.6 Å². The molecule has 2 rings (SSSR count). The summed E-state index contributed by atoms with van der Waals surface area (Å²) in [4.78, 5) is -0.0181. The molecule has 7 heteroatoms. The van der Waals surface area contributed by atoms with E-state index in [4.69, 9.17) is 17.3 Å². The minimum atomic E-state index is -3.89. The molecule has 0 aliphatic rings. The van der Waals surface area contributed by atoms with Gasteiger partial charge in [0.25, 0.3) is 10.0 Å². The van der Waals surface area contributed by atoms with Crippen molar-refractivity contribution in [2.75, 3.05) is 11.4 Å². The molecule has 0 atom stereocenters. The Bertz CT molecular complexity index is 765. The smallest absolute Gasteiger partial charge is 0.264 e. The topological polar surface area (TPSA) is 63.4 Å². The molecule has 2 aromatic carbocycles. The maximum atomic E-state index is 13.7. The molecule has 0 bridgehead atoms. The number of nitrogens with zero attached hydrogens (tertiary/aromatic N) is 1. The highest BCUT2D eigenvalue weighted by Gasteiger charge is 2.24. The van der Waals surface area contributed by atoms with Gasteiger partial charge in [-0.25, -0.2) is 12.8 Å². The molecule has 21 heavy (non-hydrogen) atoms. The summed E-state index contributed by atoms with van der Waals surface area (Å²) in [5, 5.41) is 0.264. The Morgan fingerprint density at radius 2 is 1.90 bits per heavy atom. The number of hydrogen-bond donors (Lipinski definition) is 1. The average molecular weight is 329 g/mol. The van der Waals surface area contributed by atoms with Crippen LogP contribution in [0.5, 0.6) is 0 Å². The molecule has 0 spiro atoms. The highest BCUT2D eigenvalue weighted by Crippen LogP contribution is 2.27. The first-order chi connectivity index (χ1) is 9.87. The van der Waals surface area contributed by atoms with Crippen molar-refractivity contribution in [3.05, 3.63) is 58.9 Å². The van der Waals surface area contributed by atoms with Crippen molar-refractivity contribution in [2.24, 2.45) is 5.73 Å². The van der Waals surface area contributed by atoms with Crippen molar-refractivity contribution in [3.8, 4) is 0 Å². The number of hydrogen-bond acceptors (Lipinski definition) is 3. The molecule has 0 fully saturated rings. The van der Waals surface area contributed by atoms with Crippen molar-refractivity contribution >= 4 is 27.3 Å². The summed E-state index contributed by atoms with van der Waals surface area (Å²) >= 11 is 5.98. The lowest BCUT2D eigenvalue weighted by Gasteiger charge is -2.20. The molecule has 2 aromatic rings. The van der Waals surface area contributed by atoms with Gasteiger partial charge in [-0.05, 0) is 29.8 Å². The third kappa shape index (κ3) is 3.02. The quantitative estimate of drug-likeness (QED) is 0.938. The number of anilines is 1. The zero-order chi connectivity index (χ0) is 15.6. The molecule has 0 aliphatic carbocycles. The Balaban J connectivity index is 2.47. The van der Waals surface area contributed by atoms with E-state index in [2.05, 4.69) is 0 Å². The van der Waals surface area contributed by atoms with Gasteiger partial charge >= 0.3 is 0 Å². The van der Waals surface area contributed by atoms with E-state index in [9.17, 15) is 12.8 Å². The fraction of sp³-hybridized carbons (Fsp3) is 0.143. The zero-order valence-electron chi connectivity index (χ0n) is 11.3. The van der Waals surface area contributed by atoms with E-state index >= 15 is 0 Å². The van der Waals surface area contributed by atoms with Crippen molar-refractivity contribution in [1.82, 2.24) is 0 Å². The molecule has 0 saturated carbocycles. The molecule has 0 saturated heterocycles. The minimum absolute atomic E-state index is 0.0181. The Hall–Kier alpha value is -1.63. The average Bonchev–Trinajstić information content (AvgIpc) is 2.47. The van der Waals surface area contributed by atoms with E-state index in [-0.39, 0.29) is 22.2 Å². The number of halogens is 2. The predicted molar refractivity (Wildman–Crippen MR) is 81.3 cm³/mol. The molecule has 0 amide bonds. The number of sulfonamides is 1. The first-order valence-corrected chi connectivity index (χ1v) is 7.91. The van der Waals surface area contributed by atoms with Crippen LogP contribution in [0.25, 0.3) is 0 Å². The van der Waals surface area contributed by atoms with Crippen LogP contribution in [0.4, 0.5) is 10.1 Å². The second-order valence-electron chi connectivity index (χ2n) is 4.38. The fourth-order valence-electron chi connectivity index (χ4n) is 1.85. The summed E-state index contributed by atoms with van der Waals surface area (Å²) < 4.78 is 39.6. The van der Waals surface area contributed by atoms with Crippen molar-refractivity contribution < 1.29 is 12.8 Å². The molecule has 0 heterocycles. The van der Waals surface area contributed by atoms with E-state index in [0.717, 1.165) is 4.31 Å². The monoisotopic (exact) mass is 328 g/mol. The first-order valence-electron chi connectivity index (χ1n) is 6.10. The molecular formula is C14H14ClFN2O2S. The lowest BCUT2D eigenvalue weighted by molar-refractivity contribution is 0.589. The molecule has 2 N–H and O–H groups in total. The molecular weight excluding hydrogens is 315 g/mol. The Morgan fingerprint density at radius 3 is 2.48 bits per heavy atom. The second-order valence-corrected chi connectivity index (χ2v) is 6.76. The molecule has 112 valence electrons. The van der Waals surface area contributed by atoms with Crippen molar-refractivity contribution in [1.29, 1.82) is 0 Å². The predicted octanol–water partition coefficient (Wildman–Crippen LogP) is 2.76. The van der Waals surface area contributed by atoms with Gasteiger partial charge in [0.2, 0.25) is 0 Å². The summed E-state index contributed by atoms with van der Waals surface area (Å²) in [5.41, 5.74) is 6.10. The second kappa shape index (κ2) is 6.01. The Kier molecular flexibility index (Phi) is 4.51. The van der Waals surface area contributed by atoms with Crippen LogP contribution in [0.1, 0.15) is 5.56 Å². The number of para-hydroxylation sites is 1. The summed E-state index contributed by atoms with van der Waals surface area (Å²) in [6.45, 7) is 0.211. The van der Waals surface area contributed by atoms with Crippen molar-refractivity contribution in [2.45, 2.75) is 11.4 Å². The van der Waals surface area contributed by atoms with E-state index in [1.165, 1.54) is 37.4 Å². The van der Waals surface area contributed by atoms with E-state index in [1.807, 2.05) is 0 Å². The zero-order valence-corrected chi connectivity index (χ0v) is 12.8. The van der Waals surface area contributed by atoms with Crippen LogP contribution in [-0.4, -0.2) is 15.5 Å². The molecule has 4 nitrogen and oxygen atoms in total. The van der Waals surface area contributed by atoms with Gasteiger partial charge in [-0.1, -0.05) is 29.8 Å². The lowest BCUT2D eigenvalue weighted by atomic mass is 10.2. The third-order valence-electron chi connectivity index (χ3n) is 3.09. The number of nitrogens with two attached hydrogens (primary N) is 1. The van der Waals surface area contributed by atoms with Crippen LogP contribution >= 0.6 is 11.6 Å². The van der Waals surface area contributed by atoms with Gasteiger partial charge in [-0.15, -0.1) is 0 Å². The van der Waals surface area contributed by atoms with E-state index < -0.39 is 15.8 Å². The fourth-order valence-corrected chi connectivity index (χ4v) is 3.40. The van der Waals surface area contributed by atoms with Gasteiger partial charge in [0.15, 0.2) is 0 Å². The SMILES string of the molecule is CN(c1ccccc1F)S(=O)(=O)c1ccc(CN)c(Cl)c1. The Morgan fingerprint density at radius 1 is 1.24 bits per heavy atom. The van der Waals surface area contributed by atoms with Gasteiger partial charge in [0.05, 0.1) is 10.6 Å². The highest BCUT2D eigenvalue weighted by atomic mass is 35.5. The number of rotatable bonds is 4. The first kappa shape index (κ1) is 15.8. The third-order valence-corrected chi connectivity index (χ3v) is 5.21. The van der Waals surface area contributed by atoms with Gasteiger partial charge in [-0.2, -0.15) is 0 Å². The van der Waals surface area contributed by atoms with Crippen LogP contribution in [0.2, 0.25) is 5.02 Å². The van der Waals surface area contributed by atoms with E-state index in [1.54, 1.807) is 12.1 Å². The maximum absolute atomic E-state index is 13.7. The standard InChI is InChI=1S/C14H14ClFN2O2S/c1-18(14-5-3-2-4-13(14)16)21(19,20)11-7-6-10(9-17)12(15)8-11/h2-8H,9,17H2,1H3. The lowest BCUT2D eigenvalue weighted by Crippen LogP contribution is -2.27. The van der Waals surface area contributed by atoms with Crippen LogP contribution in [-0.2, 0) is 16.6 Å².